The summed E-state index contributed by atoms with van der Waals surface area (Å²) in [6.45, 7) is 5.20. The molecule has 0 bridgehead atoms. The van der Waals surface area contributed by atoms with Crippen LogP contribution in [0.15, 0.2) is 24.3 Å². The van der Waals surface area contributed by atoms with Crippen LogP contribution in [-0.2, 0) is 11.3 Å². The number of ether oxygens (including phenoxy) is 1. The first-order valence-corrected chi connectivity index (χ1v) is 5.42. The first kappa shape index (κ1) is 12.7. The molecular formula is C13H19NO2. The number of hydrogen-bond donors (Lipinski definition) is 0. The summed E-state index contributed by atoms with van der Waals surface area (Å²) in [5, 5.41) is 0. The van der Waals surface area contributed by atoms with E-state index >= 15 is 0 Å². The van der Waals surface area contributed by atoms with Gasteiger partial charge in [0.2, 0.25) is 0 Å². The van der Waals surface area contributed by atoms with Crippen molar-refractivity contribution in [2.75, 3.05) is 14.2 Å². The Labute approximate surface area is 97.0 Å². The fourth-order valence-electron chi connectivity index (χ4n) is 1.33. The highest BCUT2D eigenvalue weighted by Crippen LogP contribution is 2.09. The number of benzene rings is 1. The van der Waals surface area contributed by atoms with Gasteiger partial charge in [0.1, 0.15) is 0 Å². The summed E-state index contributed by atoms with van der Waals surface area (Å²) in [5.41, 5.74) is 1.79. The predicted molar refractivity (Wildman–Crippen MR) is 64.4 cm³/mol. The number of carbonyl (C=O) groups excluding carboxylic acids is 1. The van der Waals surface area contributed by atoms with Crippen molar-refractivity contribution in [1.29, 1.82) is 0 Å². The van der Waals surface area contributed by atoms with Crippen LogP contribution in [-0.4, -0.2) is 31.1 Å². The highest BCUT2D eigenvalue weighted by Gasteiger charge is 2.06. The van der Waals surface area contributed by atoms with E-state index in [4.69, 9.17) is 0 Å². The third kappa shape index (κ3) is 3.35. The molecule has 1 aromatic carbocycles. The highest BCUT2D eigenvalue weighted by atomic mass is 16.5. The van der Waals surface area contributed by atoms with Crippen molar-refractivity contribution in [3.05, 3.63) is 35.4 Å². The van der Waals surface area contributed by atoms with Crippen LogP contribution in [0.1, 0.15) is 29.8 Å². The predicted octanol–water partition coefficient (Wildman–Crippen LogP) is 2.31. The van der Waals surface area contributed by atoms with Gasteiger partial charge in [0.25, 0.3) is 0 Å². The second-order valence-corrected chi connectivity index (χ2v) is 4.20. The molecule has 0 unspecified atom stereocenters. The Kier molecular flexibility index (Phi) is 4.50. The second-order valence-electron chi connectivity index (χ2n) is 4.20. The van der Waals surface area contributed by atoms with Crippen LogP contribution < -0.4 is 0 Å². The normalized spacial score (nSPS) is 10.9. The van der Waals surface area contributed by atoms with Crippen molar-refractivity contribution in [1.82, 2.24) is 4.90 Å². The number of esters is 1. The lowest BCUT2D eigenvalue weighted by atomic mass is 10.1. The largest absolute Gasteiger partial charge is 0.465 e. The van der Waals surface area contributed by atoms with E-state index < -0.39 is 0 Å². The number of rotatable bonds is 4. The van der Waals surface area contributed by atoms with Gasteiger partial charge in [-0.1, -0.05) is 12.1 Å². The number of methoxy groups -OCH3 is 1. The molecule has 0 saturated carbocycles. The highest BCUT2D eigenvalue weighted by molar-refractivity contribution is 5.89. The Morgan fingerprint density at radius 1 is 1.31 bits per heavy atom. The lowest BCUT2D eigenvalue weighted by Gasteiger charge is -2.20. The Morgan fingerprint density at radius 2 is 1.88 bits per heavy atom. The van der Waals surface area contributed by atoms with Crippen LogP contribution in [0.3, 0.4) is 0 Å². The van der Waals surface area contributed by atoms with Crippen LogP contribution in [0.4, 0.5) is 0 Å². The first-order chi connectivity index (χ1) is 7.54. The summed E-state index contributed by atoms with van der Waals surface area (Å²) >= 11 is 0. The molecule has 1 rings (SSSR count). The third-order valence-corrected chi connectivity index (χ3v) is 2.69. The van der Waals surface area contributed by atoms with Gasteiger partial charge in [0.15, 0.2) is 0 Å². The summed E-state index contributed by atoms with van der Waals surface area (Å²) in [6.07, 6.45) is 0. The summed E-state index contributed by atoms with van der Waals surface area (Å²) in [6, 6.07) is 8.04. The van der Waals surface area contributed by atoms with Crippen LogP contribution in [0.25, 0.3) is 0 Å². The molecule has 0 fully saturated rings. The molecule has 0 aromatic heterocycles. The van der Waals surface area contributed by atoms with Gasteiger partial charge < -0.3 is 4.74 Å². The van der Waals surface area contributed by atoms with Gasteiger partial charge >= 0.3 is 5.97 Å². The van der Waals surface area contributed by atoms with E-state index in [0.717, 1.165) is 6.54 Å². The molecule has 0 aliphatic carbocycles. The van der Waals surface area contributed by atoms with Gasteiger partial charge in [0, 0.05) is 12.6 Å². The summed E-state index contributed by atoms with van der Waals surface area (Å²) < 4.78 is 4.65. The first-order valence-electron chi connectivity index (χ1n) is 5.42. The zero-order valence-electron chi connectivity index (χ0n) is 10.4. The van der Waals surface area contributed by atoms with Crippen molar-refractivity contribution in [2.45, 2.75) is 26.4 Å². The van der Waals surface area contributed by atoms with Crippen molar-refractivity contribution in [3.8, 4) is 0 Å². The Bertz CT molecular complexity index is 343. The number of nitrogens with zero attached hydrogens (tertiary/aromatic N) is 1. The molecule has 0 atom stereocenters. The summed E-state index contributed by atoms with van der Waals surface area (Å²) in [4.78, 5) is 13.5. The SMILES string of the molecule is COC(=O)c1ccc(CN(C)C(C)C)cc1. The van der Waals surface area contributed by atoms with Gasteiger partial charge in [-0.05, 0) is 38.6 Å². The molecule has 88 valence electrons. The van der Waals surface area contributed by atoms with Gasteiger partial charge in [-0.15, -0.1) is 0 Å². The minimum Gasteiger partial charge on any atom is -0.465 e. The maximum atomic E-state index is 11.2. The van der Waals surface area contributed by atoms with E-state index in [0.29, 0.717) is 11.6 Å². The lowest BCUT2D eigenvalue weighted by molar-refractivity contribution is 0.0600. The van der Waals surface area contributed by atoms with E-state index in [1.165, 1.54) is 12.7 Å². The molecule has 0 N–H and O–H groups in total. The van der Waals surface area contributed by atoms with Crippen molar-refractivity contribution in [3.63, 3.8) is 0 Å². The van der Waals surface area contributed by atoms with Crippen LogP contribution in [0, 0.1) is 0 Å². The number of hydrogen-bond acceptors (Lipinski definition) is 3. The molecule has 0 heterocycles. The molecule has 3 heteroatoms. The van der Waals surface area contributed by atoms with E-state index in [2.05, 4.69) is 30.5 Å². The minimum atomic E-state index is -0.288. The van der Waals surface area contributed by atoms with Crippen molar-refractivity contribution >= 4 is 5.97 Å². The molecule has 0 aliphatic heterocycles. The molecule has 0 radical (unpaired) electrons. The van der Waals surface area contributed by atoms with Crippen LogP contribution >= 0.6 is 0 Å². The topological polar surface area (TPSA) is 29.5 Å². The van der Waals surface area contributed by atoms with E-state index in [-0.39, 0.29) is 5.97 Å². The average Bonchev–Trinajstić information content (AvgIpc) is 2.28. The van der Waals surface area contributed by atoms with Gasteiger partial charge in [-0.2, -0.15) is 0 Å². The molecule has 16 heavy (non-hydrogen) atoms. The standard InChI is InChI=1S/C13H19NO2/c1-10(2)14(3)9-11-5-7-12(8-6-11)13(15)16-4/h5-8,10H,9H2,1-4H3. The third-order valence-electron chi connectivity index (χ3n) is 2.69. The number of carbonyl (C=O) groups is 1. The maximum Gasteiger partial charge on any atom is 0.337 e. The van der Waals surface area contributed by atoms with E-state index in [9.17, 15) is 4.79 Å². The van der Waals surface area contributed by atoms with Crippen LogP contribution in [0.2, 0.25) is 0 Å². The molecule has 3 nitrogen and oxygen atoms in total. The fraction of sp³-hybridized carbons (Fsp3) is 0.462. The zero-order chi connectivity index (χ0) is 12.1. The second kappa shape index (κ2) is 5.66. The molecule has 0 saturated heterocycles. The van der Waals surface area contributed by atoms with Gasteiger partial charge in [-0.25, -0.2) is 4.79 Å². The summed E-state index contributed by atoms with van der Waals surface area (Å²) in [7, 11) is 3.47. The Morgan fingerprint density at radius 3 is 2.31 bits per heavy atom. The maximum absolute atomic E-state index is 11.2. The quantitative estimate of drug-likeness (QED) is 0.731. The Balaban J connectivity index is 2.68. The van der Waals surface area contributed by atoms with E-state index in [1.807, 2.05) is 12.1 Å². The van der Waals surface area contributed by atoms with E-state index in [1.54, 1.807) is 12.1 Å². The average molecular weight is 221 g/mol. The van der Waals surface area contributed by atoms with Crippen molar-refractivity contribution < 1.29 is 9.53 Å². The fourth-order valence-corrected chi connectivity index (χ4v) is 1.33. The molecule has 0 aliphatic rings. The van der Waals surface area contributed by atoms with Crippen molar-refractivity contribution in [2.24, 2.45) is 0 Å². The molecule has 0 amide bonds. The monoisotopic (exact) mass is 221 g/mol. The lowest BCUT2D eigenvalue weighted by Crippen LogP contribution is -2.25. The van der Waals surface area contributed by atoms with Crippen LogP contribution in [0.5, 0.6) is 0 Å². The smallest absolute Gasteiger partial charge is 0.337 e. The minimum absolute atomic E-state index is 0.288. The Hall–Kier alpha value is -1.35. The summed E-state index contributed by atoms with van der Waals surface area (Å²) in [5.74, 6) is -0.288. The van der Waals surface area contributed by atoms with Gasteiger partial charge in [-0.3, -0.25) is 4.90 Å². The van der Waals surface area contributed by atoms with Gasteiger partial charge in [0.05, 0.1) is 12.7 Å². The molecular weight excluding hydrogens is 202 g/mol. The molecule has 0 spiro atoms. The zero-order valence-corrected chi connectivity index (χ0v) is 10.4. The molecule has 1 aromatic rings.